The predicted octanol–water partition coefficient (Wildman–Crippen LogP) is 0.559. The van der Waals surface area contributed by atoms with E-state index < -0.39 is 6.10 Å². The summed E-state index contributed by atoms with van der Waals surface area (Å²) in [5.74, 6) is -0.127. The maximum Gasteiger partial charge on any atom is 0.275 e. The highest BCUT2D eigenvalue weighted by atomic mass is 16.7. The van der Waals surface area contributed by atoms with E-state index in [-0.39, 0.29) is 35.0 Å². The van der Waals surface area contributed by atoms with Gasteiger partial charge in [0.25, 0.3) is 17.4 Å². The van der Waals surface area contributed by atoms with Crippen LogP contribution < -0.4 is 5.56 Å². The number of carbonyl (C=O) groups excluding carboxylic acids is 2. The molecule has 0 aliphatic carbocycles. The Hall–Kier alpha value is -2.19. The maximum absolute atomic E-state index is 12.8. The second-order valence-electron chi connectivity index (χ2n) is 7.52. The van der Waals surface area contributed by atoms with Gasteiger partial charge in [0.1, 0.15) is 11.7 Å². The van der Waals surface area contributed by atoms with E-state index in [2.05, 4.69) is 0 Å². The minimum Gasteiger partial charge on any atom is -0.363 e. The van der Waals surface area contributed by atoms with E-state index in [4.69, 9.17) is 9.57 Å². The number of amides is 2. The zero-order valence-electron chi connectivity index (χ0n) is 15.5. The number of carbonyl (C=O) groups is 2. The molecule has 3 atom stereocenters. The van der Waals surface area contributed by atoms with Gasteiger partial charge in [0.05, 0.1) is 12.7 Å². The van der Waals surface area contributed by atoms with Crippen LogP contribution in [0.1, 0.15) is 36.0 Å². The first-order chi connectivity index (χ1) is 13.0. The number of likely N-dealkylation sites (tertiary alicyclic amines) is 1. The van der Waals surface area contributed by atoms with Gasteiger partial charge in [-0.3, -0.25) is 19.2 Å². The van der Waals surface area contributed by atoms with Crippen molar-refractivity contribution < 1.29 is 19.2 Å². The van der Waals surface area contributed by atoms with Gasteiger partial charge in [-0.05, 0) is 43.7 Å². The van der Waals surface area contributed by atoms with Crippen LogP contribution in [0.25, 0.3) is 0 Å². The fourth-order valence-electron chi connectivity index (χ4n) is 4.14. The minimum atomic E-state index is -0.502. The summed E-state index contributed by atoms with van der Waals surface area (Å²) in [6.45, 7) is 2.16. The van der Waals surface area contributed by atoms with Crippen LogP contribution >= 0.6 is 0 Å². The molecule has 0 saturated carbocycles. The third kappa shape index (κ3) is 3.51. The average molecular weight is 375 g/mol. The van der Waals surface area contributed by atoms with E-state index in [0.717, 1.165) is 19.3 Å². The highest BCUT2D eigenvalue weighted by Gasteiger charge is 2.44. The topological polar surface area (TPSA) is 81.1 Å². The molecule has 8 heteroatoms. The minimum absolute atomic E-state index is 0.112. The van der Waals surface area contributed by atoms with Gasteiger partial charge in [0, 0.05) is 32.9 Å². The second-order valence-corrected chi connectivity index (χ2v) is 7.52. The molecule has 4 heterocycles. The molecule has 3 aliphatic rings. The number of pyridine rings is 1. The monoisotopic (exact) mass is 375 g/mol. The fourth-order valence-corrected chi connectivity index (χ4v) is 4.14. The van der Waals surface area contributed by atoms with Gasteiger partial charge in [-0.2, -0.15) is 0 Å². The molecule has 3 aliphatic heterocycles. The number of nitrogens with zero attached hydrogens (tertiary/aromatic N) is 3. The van der Waals surface area contributed by atoms with Gasteiger partial charge < -0.3 is 14.2 Å². The zero-order chi connectivity index (χ0) is 19.0. The average Bonchev–Trinajstić information content (AvgIpc) is 3.13. The Bertz CT molecular complexity index is 786. The van der Waals surface area contributed by atoms with E-state index in [0.29, 0.717) is 32.7 Å². The quantitative estimate of drug-likeness (QED) is 0.755. The first-order valence-electron chi connectivity index (χ1n) is 9.59. The lowest BCUT2D eigenvalue weighted by Gasteiger charge is -2.34. The molecule has 1 aromatic heterocycles. The molecule has 8 nitrogen and oxygen atoms in total. The van der Waals surface area contributed by atoms with Crippen molar-refractivity contribution in [1.29, 1.82) is 0 Å². The smallest absolute Gasteiger partial charge is 0.275 e. The predicted molar refractivity (Wildman–Crippen MR) is 95.9 cm³/mol. The van der Waals surface area contributed by atoms with Crippen LogP contribution in [0.2, 0.25) is 0 Å². The number of rotatable bonds is 2. The second kappa shape index (κ2) is 7.44. The van der Waals surface area contributed by atoms with Gasteiger partial charge in [0.2, 0.25) is 0 Å². The van der Waals surface area contributed by atoms with E-state index in [1.54, 1.807) is 30.3 Å². The number of fused-ring (bicyclic) bond motifs is 1. The molecule has 0 aromatic carbocycles. The number of piperidine rings is 1. The highest BCUT2D eigenvalue weighted by Crippen LogP contribution is 2.34. The third-order valence-corrected chi connectivity index (χ3v) is 5.72. The molecule has 27 heavy (non-hydrogen) atoms. The first-order valence-corrected chi connectivity index (χ1v) is 9.59. The summed E-state index contributed by atoms with van der Waals surface area (Å²) in [6.07, 6.45) is 4.31. The molecule has 0 N–H and O–H groups in total. The summed E-state index contributed by atoms with van der Waals surface area (Å²) in [5, 5.41) is 1.43. The molecule has 1 aromatic rings. The Morgan fingerprint density at radius 1 is 1.22 bits per heavy atom. The molecule has 0 radical (unpaired) electrons. The van der Waals surface area contributed by atoms with Crippen molar-refractivity contribution in [3.05, 3.63) is 34.2 Å². The summed E-state index contributed by atoms with van der Waals surface area (Å²) in [5.41, 5.74) is -0.127. The number of hydrogen-bond donors (Lipinski definition) is 0. The van der Waals surface area contributed by atoms with Crippen LogP contribution in [-0.2, 0) is 21.4 Å². The number of ether oxygens (including phenoxy) is 1. The summed E-state index contributed by atoms with van der Waals surface area (Å²) in [6, 6.07) is 3.26. The summed E-state index contributed by atoms with van der Waals surface area (Å²) in [7, 11) is 1.63. The number of aromatic nitrogens is 1. The molecule has 0 spiro atoms. The van der Waals surface area contributed by atoms with Gasteiger partial charge in [-0.15, -0.1) is 0 Å². The van der Waals surface area contributed by atoms with Gasteiger partial charge in [0.15, 0.2) is 0 Å². The van der Waals surface area contributed by atoms with Crippen molar-refractivity contribution in [2.24, 2.45) is 13.0 Å². The lowest BCUT2D eigenvalue weighted by atomic mass is 9.91. The Kier molecular flexibility index (Phi) is 5.01. The Morgan fingerprint density at radius 2 is 2.07 bits per heavy atom. The third-order valence-electron chi connectivity index (χ3n) is 5.72. The van der Waals surface area contributed by atoms with E-state index in [9.17, 15) is 14.4 Å². The van der Waals surface area contributed by atoms with Crippen molar-refractivity contribution in [2.45, 2.75) is 37.9 Å². The standard InChI is InChI=1S/C19H25N3O5/c1-20-7-4-5-14(17(20)23)18(24)21-9-6-13-11-15(27-16(13)12-21)19(25)22-8-2-3-10-26-22/h4-5,7,13,15-16H,2-3,6,8-12H2,1H3/t13-,15-,16+/m0/s1. The van der Waals surface area contributed by atoms with Crippen molar-refractivity contribution in [3.8, 4) is 0 Å². The largest absolute Gasteiger partial charge is 0.363 e. The Labute approximate surface area is 157 Å². The highest BCUT2D eigenvalue weighted by molar-refractivity contribution is 5.94. The molecule has 3 saturated heterocycles. The Balaban J connectivity index is 1.41. The van der Waals surface area contributed by atoms with Crippen molar-refractivity contribution in [1.82, 2.24) is 14.5 Å². The van der Waals surface area contributed by atoms with Crippen LogP contribution in [-0.4, -0.2) is 64.8 Å². The van der Waals surface area contributed by atoms with Crippen LogP contribution in [0.5, 0.6) is 0 Å². The summed E-state index contributed by atoms with van der Waals surface area (Å²) < 4.78 is 7.40. The molecule has 4 rings (SSSR count). The van der Waals surface area contributed by atoms with Crippen LogP contribution in [0.15, 0.2) is 23.1 Å². The number of hydroxylamine groups is 2. The van der Waals surface area contributed by atoms with E-state index >= 15 is 0 Å². The van der Waals surface area contributed by atoms with Gasteiger partial charge >= 0.3 is 0 Å². The van der Waals surface area contributed by atoms with Crippen molar-refractivity contribution in [2.75, 3.05) is 26.2 Å². The molecule has 3 fully saturated rings. The molecular formula is C19H25N3O5. The van der Waals surface area contributed by atoms with Crippen molar-refractivity contribution >= 4 is 11.8 Å². The first kappa shape index (κ1) is 18.2. The maximum atomic E-state index is 12.8. The molecule has 0 unspecified atom stereocenters. The summed E-state index contributed by atoms with van der Waals surface area (Å²) in [4.78, 5) is 44.7. The van der Waals surface area contributed by atoms with E-state index in [1.165, 1.54) is 9.63 Å². The summed E-state index contributed by atoms with van der Waals surface area (Å²) >= 11 is 0. The lowest BCUT2D eigenvalue weighted by Crippen LogP contribution is -2.47. The molecule has 0 bridgehead atoms. The molecule has 2 amide bonds. The lowest BCUT2D eigenvalue weighted by molar-refractivity contribution is -0.206. The van der Waals surface area contributed by atoms with Crippen LogP contribution in [0.3, 0.4) is 0 Å². The number of aryl methyl sites for hydroxylation is 1. The fraction of sp³-hybridized carbons (Fsp3) is 0.632. The zero-order valence-corrected chi connectivity index (χ0v) is 15.5. The Morgan fingerprint density at radius 3 is 2.85 bits per heavy atom. The SMILES string of the molecule is Cn1cccc(C(=O)N2CC[C@H]3C[C@@H](C(=O)N4CCCCO4)O[C@@H]3C2)c1=O. The number of hydrogen-bond acceptors (Lipinski definition) is 5. The van der Waals surface area contributed by atoms with Gasteiger partial charge in [-0.25, -0.2) is 5.06 Å². The van der Waals surface area contributed by atoms with Crippen LogP contribution in [0, 0.1) is 5.92 Å². The van der Waals surface area contributed by atoms with Crippen molar-refractivity contribution in [3.63, 3.8) is 0 Å². The molecular weight excluding hydrogens is 350 g/mol. The van der Waals surface area contributed by atoms with Gasteiger partial charge in [-0.1, -0.05) is 0 Å². The van der Waals surface area contributed by atoms with E-state index in [1.807, 2.05) is 0 Å². The normalized spacial score (nSPS) is 28.1. The van der Waals surface area contributed by atoms with Crippen LogP contribution in [0.4, 0.5) is 0 Å². The molecule has 146 valence electrons.